The average molecular weight is 551 g/mol. The van der Waals surface area contributed by atoms with Gasteiger partial charge in [-0.1, -0.05) is 26.8 Å². The predicted molar refractivity (Wildman–Crippen MR) is 162 cm³/mol. The second-order valence-electron chi connectivity index (χ2n) is 11.7. The molecular formula is C34H38N4O3. The molecule has 0 amide bonds. The number of hydrogen-bond donors (Lipinski definition) is 2. The summed E-state index contributed by atoms with van der Waals surface area (Å²) in [5.41, 5.74) is 14.0. The number of ketones is 1. The Morgan fingerprint density at radius 3 is 2.49 bits per heavy atom. The number of carbonyl (C=O) groups is 2. The van der Waals surface area contributed by atoms with E-state index in [9.17, 15) is 9.59 Å². The highest BCUT2D eigenvalue weighted by molar-refractivity contribution is 6.13. The number of nitrogens with zero attached hydrogens (tertiary/aromatic N) is 2. The van der Waals surface area contributed by atoms with Crippen molar-refractivity contribution in [2.75, 3.05) is 7.11 Å². The third-order valence-corrected chi connectivity index (χ3v) is 9.51. The van der Waals surface area contributed by atoms with E-state index in [1.54, 1.807) is 0 Å². The third-order valence-electron chi connectivity index (χ3n) is 9.51. The van der Waals surface area contributed by atoms with Gasteiger partial charge in [-0.3, -0.25) is 19.6 Å². The maximum atomic E-state index is 13.4. The molecule has 3 aromatic heterocycles. The molecule has 212 valence electrons. The van der Waals surface area contributed by atoms with Gasteiger partial charge in [0.2, 0.25) is 0 Å². The molecule has 1 aliphatic carbocycles. The number of rotatable bonds is 4. The van der Waals surface area contributed by atoms with Crippen molar-refractivity contribution < 1.29 is 14.3 Å². The van der Waals surface area contributed by atoms with Gasteiger partial charge in [-0.05, 0) is 74.1 Å². The minimum Gasteiger partial charge on any atom is -0.469 e. The van der Waals surface area contributed by atoms with Crippen LogP contribution in [0.2, 0.25) is 0 Å². The van der Waals surface area contributed by atoms with Crippen molar-refractivity contribution in [2.45, 2.75) is 85.0 Å². The zero-order chi connectivity index (χ0) is 29.2. The van der Waals surface area contributed by atoms with Crippen LogP contribution in [0.3, 0.4) is 0 Å². The third kappa shape index (κ3) is 4.25. The summed E-state index contributed by atoms with van der Waals surface area (Å²) in [6, 6.07) is 6.44. The van der Waals surface area contributed by atoms with Gasteiger partial charge in [0.25, 0.3) is 0 Å². The van der Waals surface area contributed by atoms with E-state index < -0.39 is 0 Å². The Balaban J connectivity index is 1.73. The number of fused-ring (bicyclic) bond motifs is 8. The highest BCUT2D eigenvalue weighted by Crippen LogP contribution is 2.44. The van der Waals surface area contributed by atoms with Crippen molar-refractivity contribution in [1.29, 1.82) is 0 Å². The molecule has 1 unspecified atom stereocenters. The van der Waals surface area contributed by atoms with E-state index in [1.807, 2.05) is 6.92 Å². The average Bonchev–Trinajstić information content (AvgIpc) is 3.70. The van der Waals surface area contributed by atoms with Gasteiger partial charge >= 0.3 is 5.97 Å². The Morgan fingerprint density at radius 2 is 1.78 bits per heavy atom. The molecule has 0 saturated heterocycles. The Bertz CT molecular complexity index is 1810. The monoisotopic (exact) mass is 550 g/mol. The SMILES string of the molecule is C/C=C1/c2cc3[nH]c4c(c5nc(cc6[nH]c(cc(n2)C1C)c(CC)c6C)[C@@H](C)[C@@H]5CCC(=O)OC)CC(=O)c4c3C. The quantitative estimate of drug-likeness (QED) is 0.333. The van der Waals surface area contributed by atoms with Gasteiger partial charge in [0.1, 0.15) is 0 Å². The minimum atomic E-state index is -0.233. The van der Waals surface area contributed by atoms with E-state index in [2.05, 4.69) is 68.9 Å². The van der Waals surface area contributed by atoms with E-state index in [-0.39, 0.29) is 29.5 Å². The fraction of sp³-hybridized carbons (Fsp3) is 0.412. The molecule has 3 aliphatic rings. The molecule has 3 atom stereocenters. The summed E-state index contributed by atoms with van der Waals surface area (Å²) in [4.78, 5) is 43.2. The van der Waals surface area contributed by atoms with Crippen LogP contribution in [-0.4, -0.2) is 38.8 Å². The summed E-state index contributed by atoms with van der Waals surface area (Å²) in [5.74, 6) is 0.102. The number of methoxy groups -OCH3 is 1. The molecule has 0 spiro atoms. The van der Waals surface area contributed by atoms with Crippen LogP contribution in [0.4, 0.5) is 0 Å². The molecule has 6 rings (SSSR count). The molecule has 2 aliphatic heterocycles. The maximum absolute atomic E-state index is 13.4. The summed E-state index contributed by atoms with van der Waals surface area (Å²) < 4.78 is 4.97. The largest absolute Gasteiger partial charge is 0.469 e. The molecule has 5 heterocycles. The zero-order valence-electron chi connectivity index (χ0n) is 25.0. The number of ether oxygens (including phenoxy) is 1. The molecule has 3 aromatic rings. The fourth-order valence-electron chi connectivity index (χ4n) is 7.06. The Kier molecular flexibility index (Phi) is 6.71. The number of carbonyl (C=O) groups excluding carboxylic acids is 2. The highest BCUT2D eigenvalue weighted by Gasteiger charge is 2.36. The number of aryl methyl sites for hydroxylation is 3. The van der Waals surface area contributed by atoms with Crippen molar-refractivity contribution in [3.8, 4) is 0 Å². The summed E-state index contributed by atoms with van der Waals surface area (Å²) in [7, 11) is 1.42. The van der Waals surface area contributed by atoms with Crippen molar-refractivity contribution in [3.63, 3.8) is 0 Å². The highest BCUT2D eigenvalue weighted by atomic mass is 16.5. The number of Topliss-reactive ketones (excluding diaryl/α,β-unsaturated/α-hetero) is 1. The van der Waals surface area contributed by atoms with Crippen molar-refractivity contribution >= 4 is 39.4 Å². The first-order chi connectivity index (χ1) is 19.7. The topological polar surface area (TPSA) is 101 Å². The van der Waals surface area contributed by atoms with E-state index in [0.29, 0.717) is 19.3 Å². The second-order valence-corrected chi connectivity index (χ2v) is 11.7. The Hall–Kier alpha value is -4.00. The first kappa shape index (κ1) is 27.2. The van der Waals surface area contributed by atoms with Crippen LogP contribution in [0.15, 0.2) is 24.3 Å². The summed E-state index contributed by atoms with van der Waals surface area (Å²) >= 11 is 0. The fourth-order valence-corrected chi connectivity index (χ4v) is 7.06. The van der Waals surface area contributed by atoms with Crippen LogP contribution < -0.4 is 0 Å². The molecular weight excluding hydrogens is 512 g/mol. The van der Waals surface area contributed by atoms with Crippen LogP contribution >= 0.6 is 0 Å². The molecule has 2 N–H and O–H groups in total. The van der Waals surface area contributed by atoms with E-state index in [0.717, 1.165) is 68.0 Å². The normalized spacial score (nSPS) is 20.7. The number of H-pyrrole nitrogens is 2. The maximum Gasteiger partial charge on any atom is 0.305 e. The van der Waals surface area contributed by atoms with Crippen molar-refractivity contribution in [3.05, 3.63) is 74.9 Å². The van der Waals surface area contributed by atoms with Crippen LogP contribution in [0.25, 0.3) is 27.6 Å². The molecule has 0 aromatic carbocycles. The van der Waals surface area contributed by atoms with Crippen molar-refractivity contribution in [1.82, 2.24) is 19.9 Å². The molecule has 0 radical (unpaired) electrons. The Morgan fingerprint density at radius 1 is 1.05 bits per heavy atom. The van der Waals surface area contributed by atoms with Crippen LogP contribution in [0.5, 0.6) is 0 Å². The second kappa shape index (κ2) is 10.1. The number of allylic oxidation sites excluding steroid dienone is 2. The first-order valence-corrected chi connectivity index (χ1v) is 14.7. The summed E-state index contributed by atoms with van der Waals surface area (Å²) in [6.45, 7) is 12.8. The Labute approximate surface area is 240 Å². The molecule has 8 bridgehead atoms. The standard InChI is InChI=1S/C34H38N4O3/c1-8-20-16(3)24-13-26-18(5)22(10-11-31(40)41-7)33(37-26)23-12-30(39)32-19(6)27(38-34(23)32)15-29-21(9-2)17(4)25(36-29)14-28(20)35-24/h9,13-15,17-18,22,35,38H,8,10-12H2,1-7H3/b21-9+,24-13?,25-14?,26-13?,27-15?,28-14?,29-15?,33-23?/t17?,18-,22-/m0/s1. The van der Waals surface area contributed by atoms with E-state index >= 15 is 0 Å². The predicted octanol–water partition coefficient (Wildman–Crippen LogP) is 7.28. The number of esters is 1. The summed E-state index contributed by atoms with van der Waals surface area (Å²) in [6.07, 6.45) is 4.26. The van der Waals surface area contributed by atoms with Gasteiger partial charge in [-0.2, -0.15) is 0 Å². The van der Waals surface area contributed by atoms with E-state index in [4.69, 9.17) is 14.7 Å². The van der Waals surface area contributed by atoms with Gasteiger partial charge in [-0.25, -0.2) is 0 Å². The molecule has 7 heteroatoms. The van der Waals surface area contributed by atoms with E-state index in [1.165, 1.54) is 23.8 Å². The minimum absolute atomic E-state index is 0.000754. The number of aromatic amines is 2. The summed E-state index contributed by atoms with van der Waals surface area (Å²) in [5, 5.41) is 0. The van der Waals surface area contributed by atoms with Gasteiger partial charge in [0.15, 0.2) is 5.78 Å². The smallest absolute Gasteiger partial charge is 0.305 e. The lowest BCUT2D eigenvalue weighted by Crippen LogP contribution is -2.09. The van der Waals surface area contributed by atoms with Crippen molar-refractivity contribution in [2.24, 2.45) is 0 Å². The molecule has 0 saturated carbocycles. The lowest BCUT2D eigenvalue weighted by atomic mass is 9.85. The van der Waals surface area contributed by atoms with Gasteiger partial charge in [-0.15, -0.1) is 0 Å². The van der Waals surface area contributed by atoms with Gasteiger partial charge in [0.05, 0.1) is 29.7 Å². The van der Waals surface area contributed by atoms with Gasteiger partial charge in [0, 0.05) is 64.0 Å². The zero-order valence-corrected chi connectivity index (χ0v) is 25.0. The van der Waals surface area contributed by atoms with Crippen LogP contribution in [0.1, 0.15) is 114 Å². The molecule has 41 heavy (non-hydrogen) atoms. The molecule has 0 fully saturated rings. The number of nitrogens with one attached hydrogen (secondary N) is 2. The lowest BCUT2D eigenvalue weighted by Gasteiger charge is -2.16. The number of aromatic nitrogens is 4. The molecule has 7 nitrogen and oxygen atoms in total. The number of hydrogen-bond acceptors (Lipinski definition) is 5. The van der Waals surface area contributed by atoms with Crippen LogP contribution in [-0.2, 0) is 22.4 Å². The van der Waals surface area contributed by atoms with Gasteiger partial charge < -0.3 is 14.7 Å². The first-order valence-electron chi connectivity index (χ1n) is 14.7. The van der Waals surface area contributed by atoms with Crippen LogP contribution in [0, 0.1) is 13.8 Å². The lowest BCUT2D eigenvalue weighted by molar-refractivity contribution is -0.140.